The van der Waals surface area contributed by atoms with Gasteiger partial charge in [-0.15, -0.1) is 0 Å². The number of nitrogens with zero attached hydrogens (tertiary/aromatic N) is 1. The first-order valence-corrected chi connectivity index (χ1v) is 6.88. The molecular formula is C15H25FN2O. The molecule has 1 aromatic rings. The molecule has 1 N–H and O–H groups in total. The Morgan fingerprint density at radius 1 is 1.32 bits per heavy atom. The fraction of sp³-hybridized carbons (Fsp3) is 0.600. The summed E-state index contributed by atoms with van der Waals surface area (Å²) in [5.74, 6) is 0.333. The minimum Gasteiger partial charge on any atom is -0.497 e. The summed E-state index contributed by atoms with van der Waals surface area (Å²) < 4.78 is 18.7. The molecule has 1 aromatic carbocycles. The number of methoxy groups -OCH3 is 1. The second-order valence-electron chi connectivity index (χ2n) is 4.73. The molecule has 0 aliphatic heterocycles. The predicted molar refractivity (Wildman–Crippen MR) is 77.0 cm³/mol. The highest BCUT2D eigenvalue weighted by Crippen LogP contribution is 2.16. The molecule has 0 bridgehead atoms. The second-order valence-corrected chi connectivity index (χ2v) is 4.73. The summed E-state index contributed by atoms with van der Waals surface area (Å²) >= 11 is 0. The molecule has 0 fully saturated rings. The molecule has 0 aliphatic rings. The molecule has 108 valence electrons. The van der Waals surface area contributed by atoms with E-state index in [4.69, 9.17) is 4.74 Å². The standard InChI is InChI=1S/C15H25FN2O/c1-5-18(6-2)11-12(3)17-10-13-7-8-14(19-4)9-15(13)16/h7-9,12,17H,5-6,10-11H2,1-4H3. The predicted octanol–water partition coefficient (Wildman–Crippen LogP) is 2.65. The van der Waals surface area contributed by atoms with Crippen LogP contribution in [0.5, 0.6) is 5.75 Å². The Morgan fingerprint density at radius 2 is 2.00 bits per heavy atom. The fourth-order valence-corrected chi connectivity index (χ4v) is 2.02. The molecule has 0 saturated heterocycles. The van der Waals surface area contributed by atoms with E-state index in [0.29, 0.717) is 23.9 Å². The third-order valence-electron chi connectivity index (χ3n) is 3.33. The summed E-state index contributed by atoms with van der Waals surface area (Å²) in [4.78, 5) is 2.35. The van der Waals surface area contributed by atoms with Crippen LogP contribution in [0.15, 0.2) is 18.2 Å². The number of likely N-dealkylation sites (N-methyl/N-ethyl adjacent to an activating group) is 1. The number of benzene rings is 1. The Bertz CT molecular complexity index is 380. The molecule has 4 heteroatoms. The average molecular weight is 268 g/mol. The Kier molecular flexibility index (Phi) is 6.81. The fourth-order valence-electron chi connectivity index (χ4n) is 2.02. The average Bonchev–Trinajstić information content (AvgIpc) is 2.43. The van der Waals surface area contributed by atoms with E-state index >= 15 is 0 Å². The molecule has 0 aliphatic carbocycles. The Balaban J connectivity index is 2.47. The van der Waals surface area contributed by atoms with Crippen molar-refractivity contribution < 1.29 is 9.13 Å². The van der Waals surface area contributed by atoms with E-state index in [-0.39, 0.29) is 5.82 Å². The molecule has 1 unspecified atom stereocenters. The molecular weight excluding hydrogens is 243 g/mol. The topological polar surface area (TPSA) is 24.5 Å². The van der Waals surface area contributed by atoms with Gasteiger partial charge in [-0.2, -0.15) is 0 Å². The van der Waals surface area contributed by atoms with Gasteiger partial charge in [0.1, 0.15) is 11.6 Å². The van der Waals surface area contributed by atoms with Gasteiger partial charge in [0.05, 0.1) is 7.11 Å². The van der Waals surface area contributed by atoms with E-state index in [1.54, 1.807) is 19.2 Å². The van der Waals surface area contributed by atoms with E-state index in [0.717, 1.165) is 19.6 Å². The summed E-state index contributed by atoms with van der Waals surface area (Å²) in [6.45, 7) is 10.0. The largest absolute Gasteiger partial charge is 0.497 e. The first-order valence-electron chi connectivity index (χ1n) is 6.88. The molecule has 0 heterocycles. The Labute approximate surface area is 115 Å². The SMILES string of the molecule is CCN(CC)CC(C)NCc1ccc(OC)cc1F. The van der Waals surface area contributed by atoms with Crippen LogP contribution in [0.4, 0.5) is 4.39 Å². The quantitative estimate of drug-likeness (QED) is 0.784. The number of hydrogen-bond donors (Lipinski definition) is 1. The molecule has 0 aromatic heterocycles. The highest BCUT2D eigenvalue weighted by molar-refractivity contribution is 5.28. The zero-order valence-electron chi connectivity index (χ0n) is 12.4. The maximum absolute atomic E-state index is 13.8. The van der Waals surface area contributed by atoms with Crippen molar-refractivity contribution in [1.82, 2.24) is 10.2 Å². The van der Waals surface area contributed by atoms with Gasteiger partial charge in [-0.25, -0.2) is 4.39 Å². The summed E-state index contributed by atoms with van der Waals surface area (Å²) in [7, 11) is 1.54. The minimum atomic E-state index is -0.220. The number of hydrogen-bond acceptors (Lipinski definition) is 3. The van der Waals surface area contributed by atoms with Crippen molar-refractivity contribution in [3.8, 4) is 5.75 Å². The molecule has 0 spiro atoms. The van der Waals surface area contributed by atoms with Gasteiger partial charge in [0.25, 0.3) is 0 Å². The lowest BCUT2D eigenvalue weighted by atomic mass is 10.2. The lowest BCUT2D eigenvalue weighted by molar-refractivity contribution is 0.270. The van der Waals surface area contributed by atoms with Crippen LogP contribution in [0.2, 0.25) is 0 Å². The number of halogens is 1. The molecule has 0 saturated carbocycles. The van der Waals surface area contributed by atoms with Gasteiger partial charge in [-0.3, -0.25) is 0 Å². The van der Waals surface area contributed by atoms with E-state index in [1.807, 2.05) is 0 Å². The van der Waals surface area contributed by atoms with Gasteiger partial charge in [-0.1, -0.05) is 19.9 Å². The number of nitrogens with one attached hydrogen (secondary N) is 1. The monoisotopic (exact) mass is 268 g/mol. The summed E-state index contributed by atoms with van der Waals surface area (Å²) in [5, 5.41) is 3.35. The van der Waals surface area contributed by atoms with E-state index in [2.05, 4.69) is 31.0 Å². The highest BCUT2D eigenvalue weighted by Gasteiger charge is 2.09. The van der Waals surface area contributed by atoms with Crippen LogP contribution in [0, 0.1) is 5.82 Å². The van der Waals surface area contributed by atoms with Gasteiger partial charge in [0, 0.05) is 30.8 Å². The molecule has 19 heavy (non-hydrogen) atoms. The Hall–Kier alpha value is -1.13. The first kappa shape index (κ1) is 15.9. The van der Waals surface area contributed by atoms with Crippen molar-refractivity contribution in [2.75, 3.05) is 26.7 Å². The third-order valence-corrected chi connectivity index (χ3v) is 3.33. The number of ether oxygens (including phenoxy) is 1. The van der Waals surface area contributed by atoms with Crippen LogP contribution in [0.1, 0.15) is 26.3 Å². The molecule has 0 radical (unpaired) electrons. The second kappa shape index (κ2) is 8.12. The van der Waals surface area contributed by atoms with Crippen LogP contribution < -0.4 is 10.1 Å². The summed E-state index contributed by atoms with van der Waals surface area (Å²) in [6, 6.07) is 5.31. The minimum absolute atomic E-state index is 0.220. The summed E-state index contributed by atoms with van der Waals surface area (Å²) in [6.07, 6.45) is 0. The maximum Gasteiger partial charge on any atom is 0.131 e. The van der Waals surface area contributed by atoms with Crippen LogP contribution in [0.3, 0.4) is 0 Å². The normalized spacial score (nSPS) is 12.7. The van der Waals surface area contributed by atoms with Gasteiger partial charge in [0.2, 0.25) is 0 Å². The lowest BCUT2D eigenvalue weighted by Gasteiger charge is -2.23. The molecule has 3 nitrogen and oxygen atoms in total. The van der Waals surface area contributed by atoms with Crippen molar-refractivity contribution in [2.45, 2.75) is 33.4 Å². The van der Waals surface area contributed by atoms with Crippen LogP contribution in [-0.2, 0) is 6.54 Å². The smallest absolute Gasteiger partial charge is 0.131 e. The first-order chi connectivity index (χ1) is 9.10. The van der Waals surface area contributed by atoms with Crippen LogP contribution in [0.25, 0.3) is 0 Å². The van der Waals surface area contributed by atoms with Crippen molar-refractivity contribution >= 4 is 0 Å². The molecule has 1 rings (SSSR count). The van der Waals surface area contributed by atoms with E-state index < -0.39 is 0 Å². The van der Waals surface area contributed by atoms with Crippen molar-refractivity contribution in [2.24, 2.45) is 0 Å². The molecule has 0 amide bonds. The molecule has 1 atom stereocenters. The number of rotatable bonds is 8. The highest BCUT2D eigenvalue weighted by atomic mass is 19.1. The van der Waals surface area contributed by atoms with Gasteiger partial charge < -0.3 is 15.0 Å². The van der Waals surface area contributed by atoms with Gasteiger partial charge in [0.15, 0.2) is 0 Å². The van der Waals surface area contributed by atoms with Crippen molar-refractivity contribution in [3.63, 3.8) is 0 Å². The van der Waals surface area contributed by atoms with Crippen molar-refractivity contribution in [1.29, 1.82) is 0 Å². The maximum atomic E-state index is 13.8. The third kappa shape index (κ3) is 5.17. The lowest BCUT2D eigenvalue weighted by Crippen LogP contribution is -2.38. The summed E-state index contributed by atoms with van der Waals surface area (Å²) in [5.41, 5.74) is 0.673. The van der Waals surface area contributed by atoms with Gasteiger partial charge >= 0.3 is 0 Å². The van der Waals surface area contributed by atoms with E-state index in [1.165, 1.54) is 6.07 Å². The van der Waals surface area contributed by atoms with E-state index in [9.17, 15) is 4.39 Å². The Morgan fingerprint density at radius 3 is 2.53 bits per heavy atom. The van der Waals surface area contributed by atoms with Crippen molar-refractivity contribution in [3.05, 3.63) is 29.6 Å². The van der Waals surface area contributed by atoms with Gasteiger partial charge in [-0.05, 0) is 26.1 Å². The van der Waals surface area contributed by atoms with Crippen LogP contribution >= 0.6 is 0 Å². The zero-order valence-corrected chi connectivity index (χ0v) is 12.4. The van der Waals surface area contributed by atoms with Crippen LogP contribution in [-0.4, -0.2) is 37.7 Å². The zero-order chi connectivity index (χ0) is 14.3.